The maximum absolute atomic E-state index is 13.1. The molecular weight excluding hydrogens is 503 g/mol. The summed E-state index contributed by atoms with van der Waals surface area (Å²) in [5.74, 6) is 5.16. The summed E-state index contributed by atoms with van der Waals surface area (Å²) in [6.45, 7) is 3.34. The number of benzene rings is 3. The van der Waals surface area contributed by atoms with E-state index in [-0.39, 0.29) is 5.82 Å². The van der Waals surface area contributed by atoms with Crippen LogP contribution in [0.1, 0.15) is 40.6 Å². The smallest absolute Gasteiger partial charge is 0.349 e. The molecule has 0 bridgehead atoms. The Balaban J connectivity index is 1.42. The zero-order valence-electron chi connectivity index (χ0n) is 21.2. The van der Waals surface area contributed by atoms with Crippen LogP contribution in [0.25, 0.3) is 10.8 Å². The first-order valence-corrected chi connectivity index (χ1v) is 12.8. The first-order chi connectivity index (χ1) is 18.2. The Hall–Kier alpha value is -4.35. The Morgan fingerprint density at radius 2 is 1.71 bits per heavy atom. The van der Waals surface area contributed by atoms with Gasteiger partial charge in [-0.2, -0.15) is 0 Å². The predicted octanol–water partition coefficient (Wildman–Crippen LogP) is 6.02. The van der Waals surface area contributed by atoms with Crippen LogP contribution in [-0.2, 0) is 16.1 Å². The number of fused-ring (bicyclic) bond motifs is 1. The van der Waals surface area contributed by atoms with Crippen LogP contribution in [-0.4, -0.2) is 30.2 Å². The summed E-state index contributed by atoms with van der Waals surface area (Å²) in [4.78, 5) is 32.2. The van der Waals surface area contributed by atoms with Gasteiger partial charge in [0.1, 0.15) is 17.6 Å². The average Bonchev–Trinajstić information content (AvgIpc) is 3.37. The molecule has 1 aromatic heterocycles. The zero-order chi connectivity index (χ0) is 27.2. The van der Waals surface area contributed by atoms with Gasteiger partial charge in [0.2, 0.25) is 0 Å². The van der Waals surface area contributed by atoms with Gasteiger partial charge in [0.25, 0.3) is 0 Å². The fourth-order valence-corrected chi connectivity index (χ4v) is 4.75. The molecule has 0 fully saturated rings. The molecule has 2 amide bonds. The van der Waals surface area contributed by atoms with Crippen LogP contribution in [0.15, 0.2) is 72.8 Å². The number of urea groups is 1. The largest absolute Gasteiger partial charge is 0.497 e. The number of nitrogens with zero attached hydrogens (tertiary/aromatic N) is 1. The number of hydrogen-bond acceptors (Lipinski definition) is 5. The fourth-order valence-electron chi connectivity index (χ4n) is 3.84. The summed E-state index contributed by atoms with van der Waals surface area (Å²) >= 11 is 1.50. The molecule has 0 saturated heterocycles. The van der Waals surface area contributed by atoms with Gasteiger partial charge in [-0.25, -0.2) is 14.0 Å². The molecule has 3 aromatic carbocycles. The number of ether oxygens (including phenoxy) is 1. The van der Waals surface area contributed by atoms with Gasteiger partial charge in [0, 0.05) is 11.3 Å². The minimum Gasteiger partial charge on any atom is -0.497 e. The number of amides is 2. The molecule has 4 rings (SSSR count). The lowest BCUT2D eigenvalue weighted by atomic mass is 9.98. The number of hydroxylamine groups is 2. The lowest BCUT2D eigenvalue weighted by Gasteiger charge is -2.23. The molecule has 0 spiro atoms. The van der Waals surface area contributed by atoms with Gasteiger partial charge in [0.15, 0.2) is 0 Å². The van der Waals surface area contributed by atoms with Gasteiger partial charge in [-0.05, 0) is 72.1 Å². The van der Waals surface area contributed by atoms with E-state index in [1.165, 1.54) is 23.5 Å². The second-order valence-electron chi connectivity index (χ2n) is 8.78. The SMILES string of the molecule is COc1ccc2cc([C@H](C)C(=O)ON(C(N)=O)[C@H](C)C#Cc3ccc(Cc4ccc(F)cc4)s3)ccc2c1. The van der Waals surface area contributed by atoms with Crippen molar-refractivity contribution in [1.82, 2.24) is 5.06 Å². The van der Waals surface area contributed by atoms with Gasteiger partial charge < -0.3 is 15.3 Å². The molecular formula is C30H27FN2O4S. The Kier molecular flexibility index (Phi) is 8.29. The molecule has 0 saturated carbocycles. The molecule has 194 valence electrons. The van der Waals surface area contributed by atoms with Crippen LogP contribution >= 0.6 is 11.3 Å². The highest BCUT2D eigenvalue weighted by Gasteiger charge is 2.26. The monoisotopic (exact) mass is 530 g/mol. The van der Waals surface area contributed by atoms with Crippen molar-refractivity contribution in [2.24, 2.45) is 5.73 Å². The zero-order valence-corrected chi connectivity index (χ0v) is 22.1. The van der Waals surface area contributed by atoms with E-state index >= 15 is 0 Å². The van der Waals surface area contributed by atoms with Crippen LogP contribution in [0.3, 0.4) is 0 Å². The number of carbonyl (C=O) groups excluding carboxylic acids is 2. The van der Waals surface area contributed by atoms with Gasteiger partial charge >= 0.3 is 12.0 Å². The Bertz CT molecular complexity index is 1520. The molecule has 38 heavy (non-hydrogen) atoms. The lowest BCUT2D eigenvalue weighted by molar-refractivity contribution is -0.181. The Labute approximate surface area is 224 Å². The van der Waals surface area contributed by atoms with Crippen LogP contribution in [0.4, 0.5) is 9.18 Å². The van der Waals surface area contributed by atoms with Gasteiger partial charge in [-0.3, -0.25) is 0 Å². The third kappa shape index (κ3) is 6.50. The molecule has 2 N–H and O–H groups in total. The number of thiophene rings is 1. The molecule has 0 unspecified atom stereocenters. The first-order valence-electron chi connectivity index (χ1n) is 12.0. The number of carbonyl (C=O) groups is 2. The highest BCUT2D eigenvalue weighted by molar-refractivity contribution is 7.12. The molecule has 1 heterocycles. The average molecular weight is 531 g/mol. The van der Waals surface area contributed by atoms with Crippen LogP contribution in [0.2, 0.25) is 0 Å². The molecule has 4 aromatic rings. The van der Waals surface area contributed by atoms with Crippen molar-refractivity contribution in [2.75, 3.05) is 7.11 Å². The third-order valence-corrected chi connectivity index (χ3v) is 7.04. The van der Waals surface area contributed by atoms with E-state index in [1.54, 1.807) is 33.1 Å². The predicted molar refractivity (Wildman–Crippen MR) is 146 cm³/mol. The third-order valence-electron chi connectivity index (χ3n) is 6.04. The van der Waals surface area contributed by atoms with Gasteiger partial charge in [-0.1, -0.05) is 48.2 Å². The van der Waals surface area contributed by atoms with Gasteiger partial charge in [-0.15, -0.1) is 16.4 Å². The highest BCUT2D eigenvalue weighted by atomic mass is 32.1. The van der Waals surface area contributed by atoms with Crippen LogP contribution < -0.4 is 10.5 Å². The maximum Gasteiger partial charge on any atom is 0.349 e. The Morgan fingerprint density at radius 1 is 1.00 bits per heavy atom. The van der Waals surface area contributed by atoms with Crippen LogP contribution in [0.5, 0.6) is 5.75 Å². The maximum atomic E-state index is 13.1. The molecule has 0 aliphatic heterocycles. The molecule has 0 aliphatic carbocycles. The van der Waals surface area contributed by atoms with Crippen molar-refractivity contribution in [1.29, 1.82) is 0 Å². The summed E-state index contributed by atoms with van der Waals surface area (Å²) in [5, 5.41) is 2.72. The summed E-state index contributed by atoms with van der Waals surface area (Å²) in [5.41, 5.74) is 7.23. The number of methoxy groups -OCH3 is 1. The minimum atomic E-state index is -0.916. The quantitative estimate of drug-likeness (QED) is 0.244. The number of hydrogen-bond donors (Lipinski definition) is 1. The molecule has 2 atom stereocenters. The van der Waals surface area contributed by atoms with E-state index in [4.69, 9.17) is 15.3 Å². The normalized spacial score (nSPS) is 12.2. The second-order valence-corrected chi connectivity index (χ2v) is 9.95. The minimum absolute atomic E-state index is 0.270. The summed E-state index contributed by atoms with van der Waals surface area (Å²) in [6, 6.07) is 19.8. The number of nitrogens with two attached hydrogens (primary N) is 1. The van der Waals surface area contributed by atoms with Crippen molar-refractivity contribution < 1.29 is 23.6 Å². The van der Waals surface area contributed by atoms with Crippen molar-refractivity contribution in [3.8, 4) is 17.6 Å². The van der Waals surface area contributed by atoms with E-state index in [0.717, 1.165) is 42.5 Å². The lowest BCUT2D eigenvalue weighted by Crippen LogP contribution is -2.43. The van der Waals surface area contributed by atoms with Gasteiger partial charge in [0.05, 0.1) is 17.9 Å². The van der Waals surface area contributed by atoms with E-state index in [0.29, 0.717) is 6.42 Å². The molecule has 6 nitrogen and oxygen atoms in total. The van der Waals surface area contributed by atoms with E-state index in [9.17, 15) is 14.0 Å². The topological polar surface area (TPSA) is 81.9 Å². The number of halogens is 1. The van der Waals surface area contributed by atoms with E-state index in [1.807, 2.05) is 48.5 Å². The summed E-state index contributed by atoms with van der Waals surface area (Å²) in [6.07, 6.45) is 0.660. The van der Waals surface area contributed by atoms with Crippen molar-refractivity contribution in [3.63, 3.8) is 0 Å². The van der Waals surface area contributed by atoms with Crippen molar-refractivity contribution in [3.05, 3.63) is 99.5 Å². The first kappa shape index (κ1) is 26.7. The molecule has 0 aliphatic rings. The number of primary amides is 1. The molecule has 8 heteroatoms. The Morgan fingerprint density at radius 3 is 2.42 bits per heavy atom. The standard InChI is InChI=1S/C30H27FN2O4S/c1-19(4-13-27-14-15-28(38-27)16-21-5-10-25(31)11-6-21)33(30(32)35)37-29(34)20(2)22-7-8-24-18-26(36-3)12-9-23(24)17-22/h5-12,14-15,17-20H,16H2,1-3H3,(H2,32,35)/t19-,20+/m1/s1. The van der Waals surface area contributed by atoms with E-state index < -0.39 is 24.0 Å². The summed E-state index contributed by atoms with van der Waals surface area (Å²) < 4.78 is 18.4. The second kappa shape index (κ2) is 11.8. The highest BCUT2D eigenvalue weighted by Crippen LogP contribution is 2.26. The summed E-state index contributed by atoms with van der Waals surface area (Å²) in [7, 11) is 1.61. The molecule has 0 radical (unpaired) electrons. The fraction of sp³-hybridized carbons (Fsp3) is 0.200. The number of rotatable bonds is 6. The van der Waals surface area contributed by atoms with Crippen LogP contribution in [0, 0.1) is 17.7 Å². The van der Waals surface area contributed by atoms with E-state index in [2.05, 4.69) is 11.8 Å². The van der Waals surface area contributed by atoms with Crippen molar-refractivity contribution >= 4 is 34.1 Å². The van der Waals surface area contributed by atoms with Crippen molar-refractivity contribution in [2.45, 2.75) is 32.2 Å².